The third-order valence-electron chi connectivity index (χ3n) is 2.81. The number of hydrogen-bond acceptors (Lipinski definition) is 4. The summed E-state index contributed by atoms with van der Waals surface area (Å²) < 4.78 is 18.3. The van der Waals surface area contributed by atoms with Crippen molar-refractivity contribution in [1.29, 1.82) is 0 Å². The van der Waals surface area contributed by atoms with E-state index in [9.17, 15) is 4.39 Å². The van der Waals surface area contributed by atoms with E-state index in [1.807, 2.05) is 20.8 Å². The van der Waals surface area contributed by atoms with Gasteiger partial charge in [0.25, 0.3) is 0 Å². The molecule has 0 amide bonds. The molecule has 1 atom stereocenters. The molecule has 1 aromatic carbocycles. The third-order valence-corrected chi connectivity index (χ3v) is 2.81. The number of aromatic nitrogens is 2. The summed E-state index contributed by atoms with van der Waals surface area (Å²) in [5.74, 6) is 0.743. The molecule has 0 aliphatic heterocycles. The van der Waals surface area contributed by atoms with Crippen LogP contribution in [0.1, 0.15) is 48.6 Å². The van der Waals surface area contributed by atoms with Gasteiger partial charge in [0.15, 0.2) is 5.82 Å². The first kappa shape index (κ1) is 12.7. The molecule has 0 saturated carbocycles. The Morgan fingerprint density at radius 2 is 2.06 bits per heavy atom. The van der Waals surface area contributed by atoms with Crippen molar-refractivity contribution in [1.82, 2.24) is 10.1 Å². The second-order valence-electron chi connectivity index (χ2n) is 4.62. The van der Waals surface area contributed by atoms with Gasteiger partial charge in [-0.05, 0) is 30.2 Å². The molecule has 2 aromatic rings. The minimum Gasteiger partial charge on any atom is -0.339 e. The second kappa shape index (κ2) is 4.86. The summed E-state index contributed by atoms with van der Waals surface area (Å²) in [4.78, 5) is 4.23. The predicted molar refractivity (Wildman–Crippen MR) is 65.6 cm³/mol. The zero-order valence-corrected chi connectivity index (χ0v) is 10.6. The lowest BCUT2D eigenvalue weighted by molar-refractivity contribution is 0.359. The first-order valence-electron chi connectivity index (χ1n) is 5.84. The monoisotopic (exact) mass is 249 g/mol. The molecule has 4 nitrogen and oxygen atoms in total. The molecular formula is C13H16FN3O. The van der Waals surface area contributed by atoms with E-state index in [-0.39, 0.29) is 11.7 Å². The fourth-order valence-electron chi connectivity index (χ4n) is 1.69. The molecule has 1 heterocycles. The standard InChI is InChI=1S/C13H16FN3O/c1-7(2)13-16-12(17-18-13)11(15)10-6-9(14)5-4-8(10)3/h4-7,11H,15H2,1-3H3. The summed E-state index contributed by atoms with van der Waals surface area (Å²) in [5.41, 5.74) is 7.62. The minimum absolute atomic E-state index is 0.145. The second-order valence-corrected chi connectivity index (χ2v) is 4.62. The molecule has 96 valence electrons. The van der Waals surface area contributed by atoms with Crippen molar-refractivity contribution in [2.45, 2.75) is 32.7 Å². The van der Waals surface area contributed by atoms with E-state index < -0.39 is 6.04 Å². The lowest BCUT2D eigenvalue weighted by Crippen LogP contribution is -2.15. The first-order chi connectivity index (χ1) is 8.49. The lowest BCUT2D eigenvalue weighted by atomic mass is 10.0. The van der Waals surface area contributed by atoms with Gasteiger partial charge in [-0.2, -0.15) is 4.98 Å². The fraction of sp³-hybridized carbons (Fsp3) is 0.385. The number of hydrogen-bond donors (Lipinski definition) is 1. The summed E-state index contributed by atoms with van der Waals surface area (Å²) in [6, 6.07) is 3.93. The van der Waals surface area contributed by atoms with Crippen molar-refractivity contribution in [3.8, 4) is 0 Å². The molecule has 2 N–H and O–H groups in total. The molecule has 18 heavy (non-hydrogen) atoms. The van der Waals surface area contributed by atoms with Crippen LogP contribution < -0.4 is 5.73 Å². The van der Waals surface area contributed by atoms with E-state index in [4.69, 9.17) is 10.3 Å². The molecule has 0 spiro atoms. The molecular weight excluding hydrogens is 233 g/mol. The van der Waals surface area contributed by atoms with Gasteiger partial charge in [-0.3, -0.25) is 0 Å². The molecule has 0 aliphatic carbocycles. The maximum Gasteiger partial charge on any atom is 0.229 e. The highest BCUT2D eigenvalue weighted by molar-refractivity contribution is 5.32. The highest BCUT2D eigenvalue weighted by Crippen LogP contribution is 2.23. The van der Waals surface area contributed by atoms with Gasteiger partial charge in [0.05, 0.1) is 6.04 Å². The fourth-order valence-corrected chi connectivity index (χ4v) is 1.69. The van der Waals surface area contributed by atoms with Crippen LogP contribution in [0.4, 0.5) is 4.39 Å². The van der Waals surface area contributed by atoms with Gasteiger partial charge < -0.3 is 10.3 Å². The van der Waals surface area contributed by atoms with Crippen LogP contribution in [0.15, 0.2) is 22.7 Å². The molecule has 5 heteroatoms. The van der Waals surface area contributed by atoms with Crippen LogP contribution in [0.5, 0.6) is 0 Å². The Balaban J connectivity index is 2.34. The number of aryl methyl sites for hydroxylation is 1. The summed E-state index contributed by atoms with van der Waals surface area (Å²) in [6.07, 6.45) is 0. The third kappa shape index (κ3) is 2.41. The Kier molecular flexibility index (Phi) is 3.43. The van der Waals surface area contributed by atoms with Gasteiger partial charge in [0.1, 0.15) is 5.82 Å². The minimum atomic E-state index is -0.572. The summed E-state index contributed by atoms with van der Waals surface area (Å²) in [5, 5.41) is 3.85. The number of benzene rings is 1. The Labute approximate surface area is 105 Å². The number of nitrogens with zero attached hydrogens (tertiary/aromatic N) is 2. The maximum absolute atomic E-state index is 13.2. The topological polar surface area (TPSA) is 64.9 Å². The molecule has 0 aliphatic rings. The van der Waals surface area contributed by atoms with Gasteiger partial charge in [0, 0.05) is 5.92 Å². The molecule has 0 bridgehead atoms. The first-order valence-corrected chi connectivity index (χ1v) is 5.84. The van der Waals surface area contributed by atoms with Gasteiger partial charge >= 0.3 is 0 Å². The average Bonchev–Trinajstić information content (AvgIpc) is 2.81. The Bertz CT molecular complexity index is 551. The SMILES string of the molecule is Cc1ccc(F)cc1C(N)c1noc(C(C)C)n1. The van der Waals surface area contributed by atoms with E-state index in [0.29, 0.717) is 17.3 Å². The van der Waals surface area contributed by atoms with Crippen molar-refractivity contribution in [3.63, 3.8) is 0 Å². The van der Waals surface area contributed by atoms with Crippen molar-refractivity contribution >= 4 is 0 Å². The molecule has 0 radical (unpaired) electrons. The average molecular weight is 249 g/mol. The molecule has 1 unspecified atom stereocenters. The number of nitrogens with two attached hydrogens (primary N) is 1. The summed E-state index contributed by atoms with van der Waals surface area (Å²) in [7, 11) is 0. The Hall–Kier alpha value is -1.75. The van der Waals surface area contributed by atoms with Crippen LogP contribution in [-0.2, 0) is 0 Å². The molecule has 1 aromatic heterocycles. The quantitative estimate of drug-likeness (QED) is 0.908. The van der Waals surface area contributed by atoms with Crippen molar-refractivity contribution in [2.75, 3.05) is 0 Å². The maximum atomic E-state index is 13.2. The van der Waals surface area contributed by atoms with Crippen LogP contribution in [0.25, 0.3) is 0 Å². The van der Waals surface area contributed by atoms with Gasteiger partial charge in [-0.15, -0.1) is 0 Å². The van der Waals surface area contributed by atoms with Crippen molar-refractivity contribution in [3.05, 3.63) is 46.9 Å². The van der Waals surface area contributed by atoms with E-state index >= 15 is 0 Å². The van der Waals surface area contributed by atoms with Crippen molar-refractivity contribution in [2.24, 2.45) is 5.73 Å². The van der Waals surface area contributed by atoms with Gasteiger partial charge in [0.2, 0.25) is 5.89 Å². The highest BCUT2D eigenvalue weighted by atomic mass is 19.1. The zero-order valence-electron chi connectivity index (χ0n) is 10.6. The Morgan fingerprint density at radius 1 is 1.33 bits per heavy atom. The van der Waals surface area contributed by atoms with Crippen LogP contribution in [0.3, 0.4) is 0 Å². The smallest absolute Gasteiger partial charge is 0.229 e. The van der Waals surface area contributed by atoms with Gasteiger partial charge in [-0.25, -0.2) is 4.39 Å². The van der Waals surface area contributed by atoms with Crippen LogP contribution >= 0.6 is 0 Å². The van der Waals surface area contributed by atoms with E-state index in [1.165, 1.54) is 12.1 Å². The van der Waals surface area contributed by atoms with E-state index in [1.54, 1.807) is 6.07 Å². The number of rotatable bonds is 3. The normalized spacial score (nSPS) is 13.0. The van der Waals surface area contributed by atoms with Crippen LogP contribution in [0.2, 0.25) is 0 Å². The molecule has 2 rings (SSSR count). The van der Waals surface area contributed by atoms with Crippen molar-refractivity contribution < 1.29 is 8.91 Å². The molecule has 0 saturated heterocycles. The van der Waals surface area contributed by atoms with Crippen LogP contribution in [0, 0.1) is 12.7 Å². The molecule has 0 fully saturated rings. The number of halogens is 1. The predicted octanol–water partition coefficient (Wildman–Crippen LogP) is 2.69. The van der Waals surface area contributed by atoms with Crippen LogP contribution in [-0.4, -0.2) is 10.1 Å². The van der Waals surface area contributed by atoms with E-state index in [2.05, 4.69) is 10.1 Å². The summed E-state index contributed by atoms with van der Waals surface area (Å²) in [6.45, 7) is 5.78. The lowest BCUT2D eigenvalue weighted by Gasteiger charge is -2.10. The summed E-state index contributed by atoms with van der Waals surface area (Å²) >= 11 is 0. The van der Waals surface area contributed by atoms with Gasteiger partial charge in [-0.1, -0.05) is 25.1 Å². The zero-order chi connectivity index (χ0) is 13.3. The highest BCUT2D eigenvalue weighted by Gasteiger charge is 2.19. The van der Waals surface area contributed by atoms with E-state index in [0.717, 1.165) is 5.56 Å². The largest absolute Gasteiger partial charge is 0.339 e. The Morgan fingerprint density at radius 3 is 2.67 bits per heavy atom.